The average molecular weight is 339 g/mol. The van der Waals surface area contributed by atoms with Crippen LogP contribution in [0, 0.1) is 3.57 Å². The van der Waals surface area contributed by atoms with E-state index in [2.05, 4.69) is 32.6 Å². The van der Waals surface area contributed by atoms with Crippen molar-refractivity contribution in [2.75, 3.05) is 11.9 Å². The Hall–Kier alpha value is -1.50. The van der Waals surface area contributed by atoms with Gasteiger partial charge < -0.3 is 4.90 Å². The molecule has 0 N–H and O–H groups in total. The molecule has 1 aromatic carbocycles. The van der Waals surface area contributed by atoms with Gasteiger partial charge >= 0.3 is 0 Å². The molecule has 0 saturated carbocycles. The summed E-state index contributed by atoms with van der Waals surface area (Å²) >= 11 is 2.20. The number of carbonyl (C=O) groups excluding carboxylic acids is 1. The van der Waals surface area contributed by atoms with E-state index >= 15 is 0 Å². The molecular formula is C12H10IN3O. The van der Waals surface area contributed by atoms with E-state index in [4.69, 9.17) is 0 Å². The van der Waals surface area contributed by atoms with Crippen molar-refractivity contribution in [1.29, 1.82) is 0 Å². The van der Waals surface area contributed by atoms with Crippen molar-refractivity contribution in [3.8, 4) is 0 Å². The zero-order valence-electron chi connectivity index (χ0n) is 9.17. The number of carbonyl (C=O) groups is 1. The summed E-state index contributed by atoms with van der Waals surface area (Å²) in [5.74, 6) is -0.142. The summed E-state index contributed by atoms with van der Waals surface area (Å²) in [5, 5.41) is 0. The molecule has 86 valence electrons. The number of anilines is 1. The number of nitrogens with zero attached hydrogens (tertiary/aromatic N) is 3. The smallest absolute Gasteiger partial charge is 0.276 e. The molecule has 1 amide bonds. The summed E-state index contributed by atoms with van der Waals surface area (Å²) in [6.45, 7) is 0. The molecule has 2 aromatic rings. The minimum atomic E-state index is -0.142. The van der Waals surface area contributed by atoms with Crippen molar-refractivity contribution in [3.05, 3.63) is 52.1 Å². The summed E-state index contributed by atoms with van der Waals surface area (Å²) in [5.41, 5.74) is 1.26. The lowest BCUT2D eigenvalue weighted by atomic mass is 10.2. The highest BCUT2D eigenvalue weighted by molar-refractivity contribution is 14.1. The maximum atomic E-state index is 12.1. The fraction of sp³-hybridized carbons (Fsp3) is 0.0833. The van der Waals surface area contributed by atoms with Crippen LogP contribution < -0.4 is 4.90 Å². The maximum Gasteiger partial charge on any atom is 0.276 e. The predicted octanol–water partition coefficient (Wildman–Crippen LogP) is 2.36. The highest BCUT2D eigenvalue weighted by Gasteiger charge is 2.15. The number of benzene rings is 1. The van der Waals surface area contributed by atoms with E-state index in [9.17, 15) is 4.79 Å². The van der Waals surface area contributed by atoms with Gasteiger partial charge in [0, 0.05) is 16.8 Å². The van der Waals surface area contributed by atoms with E-state index in [1.165, 1.54) is 6.33 Å². The van der Waals surface area contributed by atoms with Crippen LogP contribution in [0.2, 0.25) is 0 Å². The molecule has 0 spiro atoms. The molecule has 4 nitrogen and oxygen atoms in total. The number of para-hydroxylation sites is 1. The van der Waals surface area contributed by atoms with Gasteiger partial charge in [-0.2, -0.15) is 0 Å². The van der Waals surface area contributed by atoms with Crippen molar-refractivity contribution >= 4 is 34.2 Å². The van der Waals surface area contributed by atoms with Crippen LogP contribution in [0.3, 0.4) is 0 Å². The van der Waals surface area contributed by atoms with Gasteiger partial charge in [-0.15, -0.1) is 0 Å². The molecule has 1 heterocycles. The quantitative estimate of drug-likeness (QED) is 0.789. The summed E-state index contributed by atoms with van der Waals surface area (Å²) in [4.78, 5) is 21.5. The van der Waals surface area contributed by atoms with Crippen LogP contribution in [-0.4, -0.2) is 22.9 Å². The highest BCUT2D eigenvalue weighted by Crippen LogP contribution is 2.21. The first-order valence-electron chi connectivity index (χ1n) is 4.99. The molecule has 0 saturated heterocycles. The first kappa shape index (κ1) is 12.0. The summed E-state index contributed by atoms with van der Waals surface area (Å²) < 4.78 is 1.02. The van der Waals surface area contributed by atoms with Gasteiger partial charge in [-0.05, 0) is 40.8 Å². The highest BCUT2D eigenvalue weighted by atomic mass is 127. The number of hydrogen-bond acceptors (Lipinski definition) is 3. The fourth-order valence-corrected chi connectivity index (χ4v) is 2.17. The molecule has 0 aliphatic heterocycles. The zero-order chi connectivity index (χ0) is 12.3. The average Bonchev–Trinajstić information content (AvgIpc) is 2.39. The SMILES string of the molecule is CN(C(=O)c1ccncn1)c1ccccc1I. The minimum absolute atomic E-state index is 0.142. The molecule has 0 aliphatic rings. The molecule has 17 heavy (non-hydrogen) atoms. The van der Waals surface area contributed by atoms with E-state index in [0.717, 1.165) is 9.26 Å². The van der Waals surface area contributed by atoms with Crippen molar-refractivity contribution in [2.24, 2.45) is 0 Å². The predicted molar refractivity (Wildman–Crippen MR) is 73.9 cm³/mol. The second-order valence-electron chi connectivity index (χ2n) is 3.41. The Morgan fingerprint density at radius 3 is 2.71 bits per heavy atom. The van der Waals surface area contributed by atoms with Crippen LogP contribution in [0.4, 0.5) is 5.69 Å². The molecule has 0 radical (unpaired) electrons. The summed E-state index contributed by atoms with van der Waals surface area (Å²) in [7, 11) is 1.74. The van der Waals surface area contributed by atoms with Gasteiger partial charge in [0.2, 0.25) is 0 Å². The van der Waals surface area contributed by atoms with E-state index < -0.39 is 0 Å². The first-order chi connectivity index (χ1) is 8.20. The van der Waals surface area contributed by atoms with E-state index in [1.54, 1.807) is 24.2 Å². The fourth-order valence-electron chi connectivity index (χ4n) is 1.42. The van der Waals surface area contributed by atoms with Crippen LogP contribution in [0.5, 0.6) is 0 Å². The third kappa shape index (κ3) is 2.60. The molecule has 0 fully saturated rings. The van der Waals surface area contributed by atoms with Gasteiger partial charge in [-0.3, -0.25) is 4.79 Å². The van der Waals surface area contributed by atoms with Gasteiger partial charge in [0.25, 0.3) is 5.91 Å². The van der Waals surface area contributed by atoms with Crippen LogP contribution in [0.15, 0.2) is 42.9 Å². The van der Waals surface area contributed by atoms with Crippen molar-refractivity contribution < 1.29 is 4.79 Å². The molecule has 5 heteroatoms. The number of rotatable bonds is 2. The lowest BCUT2D eigenvalue weighted by molar-refractivity contribution is 0.0988. The molecule has 0 unspecified atom stereocenters. The van der Waals surface area contributed by atoms with Gasteiger partial charge in [-0.1, -0.05) is 12.1 Å². The maximum absolute atomic E-state index is 12.1. The summed E-state index contributed by atoms with van der Waals surface area (Å²) in [6.07, 6.45) is 2.93. The van der Waals surface area contributed by atoms with Crippen molar-refractivity contribution in [2.45, 2.75) is 0 Å². The van der Waals surface area contributed by atoms with Gasteiger partial charge in [0.05, 0.1) is 5.69 Å². The third-order valence-electron chi connectivity index (χ3n) is 2.32. The van der Waals surface area contributed by atoms with Crippen LogP contribution >= 0.6 is 22.6 Å². The lowest BCUT2D eigenvalue weighted by Gasteiger charge is -2.18. The Bertz CT molecular complexity index is 530. The standard InChI is InChI=1S/C12H10IN3O/c1-16(11-5-3-2-4-9(11)13)12(17)10-6-7-14-8-15-10/h2-8H,1H3. The van der Waals surface area contributed by atoms with E-state index in [0.29, 0.717) is 5.69 Å². The second kappa shape index (κ2) is 5.22. The zero-order valence-corrected chi connectivity index (χ0v) is 11.3. The minimum Gasteiger partial charge on any atom is -0.309 e. The first-order valence-corrected chi connectivity index (χ1v) is 6.06. The van der Waals surface area contributed by atoms with Gasteiger partial charge in [0.15, 0.2) is 0 Å². The van der Waals surface area contributed by atoms with E-state index in [1.807, 2.05) is 24.3 Å². The van der Waals surface area contributed by atoms with Crippen LogP contribution in [0.25, 0.3) is 0 Å². The van der Waals surface area contributed by atoms with Crippen molar-refractivity contribution in [1.82, 2.24) is 9.97 Å². The van der Waals surface area contributed by atoms with Gasteiger partial charge in [-0.25, -0.2) is 9.97 Å². The van der Waals surface area contributed by atoms with Crippen molar-refractivity contribution in [3.63, 3.8) is 0 Å². The van der Waals surface area contributed by atoms with Crippen LogP contribution in [0.1, 0.15) is 10.5 Å². The normalized spacial score (nSPS) is 10.0. The topological polar surface area (TPSA) is 46.1 Å². The Kier molecular flexibility index (Phi) is 3.68. The number of aromatic nitrogens is 2. The molecule has 2 rings (SSSR count). The van der Waals surface area contributed by atoms with E-state index in [-0.39, 0.29) is 5.91 Å². The Morgan fingerprint density at radius 1 is 1.29 bits per heavy atom. The Balaban J connectivity index is 2.30. The Labute approximate surface area is 113 Å². The third-order valence-corrected chi connectivity index (χ3v) is 3.23. The number of amides is 1. The Morgan fingerprint density at radius 2 is 2.06 bits per heavy atom. The lowest BCUT2D eigenvalue weighted by Crippen LogP contribution is -2.27. The number of halogens is 1. The molecule has 1 aromatic heterocycles. The molecule has 0 aliphatic carbocycles. The monoisotopic (exact) mass is 339 g/mol. The molecule has 0 bridgehead atoms. The van der Waals surface area contributed by atoms with Crippen LogP contribution in [-0.2, 0) is 0 Å². The summed E-state index contributed by atoms with van der Waals surface area (Å²) in [6, 6.07) is 9.31. The molecule has 0 atom stereocenters. The largest absolute Gasteiger partial charge is 0.309 e. The second-order valence-corrected chi connectivity index (χ2v) is 4.57. The number of hydrogen-bond donors (Lipinski definition) is 0. The molecular weight excluding hydrogens is 329 g/mol. The van der Waals surface area contributed by atoms with Gasteiger partial charge in [0.1, 0.15) is 12.0 Å².